The number of methoxy groups -OCH3 is 1. The molecular formula is C17H15NO2. The molecule has 3 heteroatoms. The molecule has 1 aromatic carbocycles. The van der Waals surface area contributed by atoms with Gasteiger partial charge in [-0.15, -0.1) is 0 Å². The lowest BCUT2D eigenvalue weighted by Crippen LogP contribution is -2.00. The molecule has 20 heavy (non-hydrogen) atoms. The Morgan fingerprint density at radius 2 is 1.85 bits per heavy atom. The molecule has 0 atom stereocenters. The molecular weight excluding hydrogens is 250 g/mol. The zero-order valence-corrected chi connectivity index (χ0v) is 11.5. The molecule has 2 heterocycles. The highest BCUT2D eigenvalue weighted by Gasteiger charge is 2.16. The van der Waals surface area contributed by atoms with E-state index in [1.807, 2.05) is 66.1 Å². The van der Waals surface area contributed by atoms with Crippen LogP contribution in [-0.4, -0.2) is 17.5 Å². The number of benzene rings is 1. The van der Waals surface area contributed by atoms with Crippen LogP contribution in [0.4, 0.5) is 0 Å². The first-order chi connectivity index (χ1) is 9.70. The van der Waals surface area contributed by atoms with Gasteiger partial charge in [0.2, 0.25) is 0 Å². The average Bonchev–Trinajstić information content (AvgIpc) is 2.86. The molecule has 0 aliphatic heterocycles. The highest BCUT2D eigenvalue weighted by atomic mass is 16.5. The van der Waals surface area contributed by atoms with Gasteiger partial charge >= 0.3 is 5.97 Å². The molecule has 0 bridgehead atoms. The summed E-state index contributed by atoms with van der Waals surface area (Å²) in [4.78, 5) is 11.9. The number of esters is 1. The van der Waals surface area contributed by atoms with Gasteiger partial charge in [0.05, 0.1) is 23.9 Å². The Balaban J connectivity index is 2.31. The smallest absolute Gasteiger partial charge is 0.340 e. The molecule has 0 unspecified atom stereocenters. The van der Waals surface area contributed by atoms with Crippen LogP contribution in [0.25, 0.3) is 16.8 Å². The highest BCUT2D eigenvalue weighted by molar-refractivity contribution is 5.99. The van der Waals surface area contributed by atoms with E-state index in [1.54, 1.807) is 0 Å². The van der Waals surface area contributed by atoms with Gasteiger partial charge in [0, 0.05) is 6.20 Å². The number of carbonyl (C=O) groups is 1. The number of carbonyl (C=O) groups excluding carboxylic acids is 1. The maximum atomic E-state index is 11.9. The first-order valence-corrected chi connectivity index (χ1v) is 6.46. The highest BCUT2D eigenvalue weighted by Crippen LogP contribution is 2.27. The van der Waals surface area contributed by atoms with Gasteiger partial charge < -0.3 is 9.14 Å². The van der Waals surface area contributed by atoms with Crippen molar-refractivity contribution in [3.8, 4) is 11.3 Å². The third-order valence-electron chi connectivity index (χ3n) is 3.40. The van der Waals surface area contributed by atoms with Gasteiger partial charge in [0.25, 0.3) is 0 Å². The maximum absolute atomic E-state index is 11.9. The number of aryl methyl sites for hydroxylation is 1. The van der Waals surface area contributed by atoms with Crippen LogP contribution in [-0.2, 0) is 4.74 Å². The lowest BCUT2D eigenvalue weighted by molar-refractivity contribution is 0.0603. The molecule has 3 aromatic rings. The summed E-state index contributed by atoms with van der Waals surface area (Å²) >= 11 is 0. The molecule has 3 rings (SSSR count). The predicted molar refractivity (Wildman–Crippen MR) is 78.9 cm³/mol. The van der Waals surface area contributed by atoms with E-state index in [2.05, 4.69) is 0 Å². The lowest BCUT2D eigenvalue weighted by atomic mass is 10.1. The summed E-state index contributed by atoms with van der Waals surface area (Å²) in [6, 6.07) is 15.9. The fourth-order valence-electron chi connectivity index (χ4n) is 2.41. The van der Waals surface area contributed by atoms with E-state index in [0.29, 0.717) is 5.56 Å². The third-order valence-corrected chi connectivity index (χ3v) is 3.40. The van der Waals surface area contributed by atoms with Gasteiger partial charge in [0.15, 0.2) is 0 Å². The first-order valence-electron chi connectivity index (χ1n) is 6.46. The summed E-state index contributed by atoms with van der Waals surface area (Å²) in [5, 5.41) is 0. The van der Waals surface area contributed by atoms with E-state index in [4.69, 9.17) is 4.74 Å². The number of pyridine rings is 1. The van der Waals surface area contributed by atoms with Crippen LogP contribution < -0.4 is 0 Å². The van der Waals surface area contributed by atoms with Gasteiger partial charge in [-0.3, -0.25) is 0 Å². The number of hydrogen-bond acceptors (Lipinski definition) is 2. The zero-order valence-electron chi connectivity index (χ0n) is 11.5. The molecule has 0 saturated carbocycles. The van der Waals surface area contributed by atoms with Crippen LogP contribution in [0.2, 0.25) is 0 Å². The van der Waals surface area contributed by atoms with Crippen LogP contribution in [0.3, 0.4) is 0 Å². The predicted octanol–water partition coefficient (Wildman–Crippen LogP) is 3.70. The van der Waals surface area contributed by atoms with Crippen molar-refractivity contribution in [2.75, 3.05) is 7.11 Å². The summed E-state index contributed by atoms with van der Waals surface area (Å²) in [5.41, 5.74) is 4.63. The maximum Gasteiger partial charge on any atom is 0.340 e. The number of aromatic nitrogens is 1. The summed E-state index contributed by atoms with van der Waals surface area (Å²) < 4.78 is 6.90. The Morgan fingerprint density at radius 3 is 2.55 bits per heavy atom. The molecule has 2 aromatic heterocycles. The summed E-state index contributed by atoms with van der Waals surface area (Å²) in [6.07, 6.45) is 1.99. The minimum absolute atomic E-state index is 0.310. The molecule has 0 aliphatic rings. The van der Waals surface area contributed by atoms with Crippen LogP contribution in [0.1, 0.15) is 15.9 Å². The molecule has 0 radical (unpaired) electrons. The van der Waals surface area contributed by atoms with E-state index in [-0.39, 0.29) is 5.97 Å². The van der Waals surface area contributed by atoms with Crippen molar-refractivity contribution < 1.29 is 9.53 Å². The van der Waals surface area contributed by atoms with Crippen LogP contribution >= 0.6 is 0 Å². The third kappa shape index (κ3) is 1.97. The quantitative estimate of drug-likeness (QED) is 0.661. The number of ether oxygens (including phenoxy) is 1. The number of hydrogen-bond donors (Lipinski definition) is 0. The molecule has 0 N–H and O–H groups in total. The van der Waals surface area contributed by atoms with Crippen molar-refractivity contribution in [1.82, 2.24) is 4.40 Å². The van der Waals surface area contributed by atoms with Crippen LogP contribution in [0.5, 0.6) is 0 Å². The average molecular weight is 265 g/mol. The Bertz CT molecular complexity index is 772. The fraction of sp³-hybridized carbons (Fsp3) is 0.118. The molecule has 3 nitrogen and oxygen atoms in total. The largest absolute Gasteiger partial charge is 0.465 e. The van der Waals surface area contributed by atoms with Gasteiger partial charge in [0.1, 0.15) is 0 Å². The summed E-state index contributed by atoms with van der Waals surface area (Å²) in [6.45, 7) is 2.01. The van der Waals surface area contributed by atoms with Crippen molar-refractivity contribution in [3.63, 3.8) is 0 Å². The van der Waals surface area contributed by atoms with Gasteiger partial charge in [-0.2, -0.15) is 0 Å². The standard InChI is InChI=1S/C17H15NO2/c1-12-8-9-18-15(13-6-4-3-5-7-13)11-14(16(18)10-12)17(19)20-2/h3-11H,1-2H3. The summed E-state index contributed by atoms with van der Waals surface area (Å²) in [5.74, 6) is -0.310. The van der Waals surface area contributed by atoms with Crippen molar-refractivity contribution in [2.45, 2.75) is 6.92 Å². The van der Waals surface area contributed by atoms with E-state index < -0.39 is 0 Å². The van der Waals surface area contributed by atoms with Crippen LogP contribution in [0, 0.1) is 6.92 Å². The van der Waals surface area contributed by atoms with Crippen molar-refractivity contribution in [3.05, 3.63) is 65.9 Å². The lowest BCUT2D eigenvalue weighted by Gasteiger charge is -2.03. The van der Waals surface area contributed by atoms with Gasteiger partial charge in [-0.1, -0.05) is 30.3 Å². The molecule has 0 amide bonds. The van der Waals surface area contributed by atoms with E-state index in [0.717, 1.165) is 22.3 Å². The number of fused-ring (bicyclic) bond motifs is 1. The number of rotatable bonds is 2. The van der Waals surface area contributed by atoms with E-state index >= 15 is 0 Å². The second-order valence-electron chi connectivity index (χ2n) is 4.76. The first kappa shape index (κ1) is 12.5. The van der Waals surface area contributed by atoms with Crippen LogP contribution in [0.15, 0.2) is 54.7 Å². The molecule has 0 spiro atoms. The Hall–Kier alpha value is -2.55. The molecule has 0 saturated heterocycles. The van der Waals surface area contributed by atoms with Crippen molar-refractivity contribution in [2.24, 2.45) is 0 Å². The van der Waals surface area contributed by atoms with Gasteiger partial charge in [-0.25, -0.2) is 4.79 Å². The SMILES string of the molecule is COC(=O)c1cc(-c2ccccc2)n2ccc(C)cc12. The molecule has 0 fully saturated rings. The topological polar surface area (TPSA) is 30.7 Å². The Kier molecular flexibility index (Phi) is 3.03. The number of nitrogens with zero attached hydrogens (tertiary/aromatic N) is 1. The Labute approximate surface area is 117 Å². The molecule has 0 aliphatic carbocycles. The molecule has 100 valence electrons. The second kappa shape index (κ2) is 4.85. The fourth-order valence-corrected chi connectivity index (χ4v) is 2.41. The second-order valence-corrected chi connectivity index (χ2v) is 4.76. The zero-order chi connectivity index (χ0) is 14.1. The summed E-state index contributed by atoms with van der Waals surface area (Å²) in [7, 11) is 1.41. The van der Waals surface area contributed by atoms with Crippen molar-refractivity contribution >= 4 is 11.5 Å². The Morgan fingerprint density at radius 1 is 1.10 bits per heavy atom. The minimum Gasteiger partial charge on any atom is -0.465 e. The van der Waals surface area contributed by atoms with Crippen molar-refractivity contribution in [1.29, 1.82) is 0 Å². The van der Waals surface area contributed by atoms with E-state index in [9.17, 15) is 4.79 Å². The normalized spacial score (nSPS) is 10.7. The van der Waals surface area contributed by atoms with Gasteiger partial charge in [-0.05, 0) is 36.2 Å². The van der Waals surface area contributed by atoms with E-state index in [1.165, 1.54) is 7.11 Å². The monoisotopic (exact) mass is 265 g/mol. The minimum atomic E-state index is -0.310.